The largest absolute Gasteiger partial charge is 0.366 e. The van der Waals surface area contributed by atoms with E-state index in [9.17, 15) is 0 Å². The van der Waals surface area contributed by atoms with Crippen LogP contribution in [-0.2, 0) is 0 Å². The zero-order valence-electron chi connectivity index (χ0n) is 12.4. The fourth-order valence-corrected chi connectivity index (χ4v) is 3.20. The highest BCUT2D eigenvalue weighted by atomic mass is 15.2. The van der Waals surface area contributed by atoms with Gasteiger partial charge in [0.05, 0.1) is 0 Å². The number of nitrogens with one attached hydrogen (secondary N) is 1. The highest BCUT2D eigenvalue weighted by Crippen LogP contribution is 2.34. The number of rotatable bonds is 2. The van der Waals surface area contributed by atoms with Gasteiger partial charge in [0.2, 0.25) is 0 Å². The quantitative estimate of drug-likeness (QED) is 0.861. The molecule has 1 heterocycles. The highest BCUT2D eigenvalue weighted by Gasteiger charge is 2.34. The van der Waals surface area contributed by atoms with Gasteiger partial charge in [-0.3, -0.25) is 0 Å². The summed E-state index contributed by atoms with van der Waals surface area (Å²) in [5.74, 6) is 0. The van der Waals surface area contributed by atoms with Crippen molar-refractivity contribution in [2.24, 2.45) is 0 Å². The van der Waals surface area contributed by atoms with Crippen LogP contribution in [0.1, 0.15) is 37.8 Å². The van der Waals surface area contributed by atoms with Gasteiger partial charge >= 0.3 is 0 Å². The van der Waals surface area contributed by atoms with Gasteiger partial charge in [0.25, 0.3) is 0 Å². The Kier molecular flexibility index (Phi) is 3.67. The van der Waals surface area contributed by atoms with Crippen LogP contribution in [0.15, 0.2) is 18.2 Å². The molecule has 0 saturated carbocycles. The number of hydrogen-bond acceptors (Lipinski definition) is 2. The second-order valence-corrected chi connectivity index (χ2v) is 6.23. The van der Waals surface area contributed by atoms with Gasteiger partial charge in [-0.05, 0) is 59.2 Å². The molecule has 2 heteroatoms. The fourth-order valence-electron chi connectivity index (χ4n) is 3.20. The Labute approximate surface area is 111 Å². The standard InChI is InChI=1S/C16H26N2/c1-12-6-7-15(13(2)10-12)18-9-8-14(17-5)11-16(18,3)4/h6-7,10,14,17H,8-9,11H2,1-5H3. The van der Waals surface area contributed by atoms with Gasteiger partial charge in [-0.1, -0.05) is 17.7 Å². The van der Waals surface area contributed by atoms with E-state index in [1.54, 1.807) is 0 Å². The number of nitrogens with zero attached hydrogens (tertiary/aromatic N) is 1. The maximum absolute atomic E-state index is 3.43. The Morgan fingerprint density at radius 1 is 1.28 bits per heavy atom. The van der Waals surface area contributed by atoms with Crippen molar-refractivity contribution in [3.05, 3.63) is 29.3 Å². The topological polar surface area (TPSA) is 15.3 Å². The molecule has 1 atom stereocenters. The van der Waals surface area contributed by atoms with Crippen molar-refractivity contribution >= 4 is 5.69 Å². The van der Waals surface area contributed by atoms with Crippen LogP contribution in [0.2, 0.25) is 0 Å². The van der Waals surface area contributed by atoms with E-state index in [4.69, 9.17) is 0 Å². The molecular formula is C16H26N2. The fraction of sp³-hybridized carbons (Fsp3) is 0.625. The molecule has 2 nitrogen and oxygen atoms in total. The van der Waals surface area contributed by atoms with Crippen LogP contribution in [0.3, 0.4) is 0 Å². The molecule has 0 bridgehead atoms. The minimum atomic E-state index is 0.228. The summed E-state index contributed by atoms with van der Waals surface area (Å²) in [5, 5.41) is 3.43. The molecule has 1 aliphatic rings. The lowest BCUT2D eigenvalue weighted by atomic mass is 9.86. The first-order valence-electron chi connectivity index (χ1n) is 6.96. The van der Waals surface area contributed by atoms with E-state index in [1.807, 2.05) is 0 Å². The van der Waals surface area contributed by atoms with Gasteiger partial charge in [0.15, 0.2) is 0 Å². The van der Waals surface area contributed by atoms with Crippen LogP contribution in [0.5, 0.6) is 0 Å². The summed E-state index contributed by atoms with van der Waals surface area (Å²) in [5.41, 5.74) is 4.37. The SMILES string of the molecule is CNC1CCN(c2ccc(C)cc2C)C(C)(C)C1. The molecule has 1 unspecified atom stereocenters. The normalized spacial score (nSPS) is 23.2. The lowest BCUT2D eigenvalue weighted by Crippen LogP contribution is -2.54. The zero-order valence-corrected chi connectivity index (χ0v) is 12.4. The molecule has 18 heavy (non-hydrogen) atoms. The molecule has 1 aromatic rings. The summed E-state index contributed by atoms with van der Waals surface area (Å²) in [7, 11) is 2.08. The summed E-state index contributed by atoms with van der Waals surface area (Å²) in [6, 6.07) is 7.45. The summed E-state index contributed by atoms with van der Waals surface area (Å²) in [4.78, 5) is 2.58. The van der Waals surface area contributed by atoms with Crippen molar-refractivity contribution in [1.82, 2.24) is 5.32 Å². The lowest BCUT2D eigenvalue weighted by Gasteiger charge is -2.47. The minimum absolute atomic E-state index is 0.228. The molecule has 0 aromatic heterocycles. The first-order chi connectivity index (χ1) is 8.44. The molecule has 1 aliphatic heterocycles. The third-order valence-corrected chi connectivity index (χ3v) is 4.23. The van der Waals surface area contributed by atoms with Gasteiger partial charge < -0.3 is 10.2 Å². The summed E-state index contributed by atoms with van der Waals surface area (Å²) in [6.07, 6.45) is 2.43. The Balaban J connectivity index is 2.27. The van der Waals surface area contributed by atoms with Crippen LogP contribution >= 0.6 is 0 Å². The second kappa shape index (κ2) is 4.93. The highest BCUT2D eigenvalue weighted by molar-refractivity contribution is 5.56. The molecule has 0 spiro atoms. The van der Waals surface area contributed by atoms with Gasteiger partial charge in [-0.15, -0.1) is 0 Å². The van der Waals surface area contributed by atoms with E-state index < -0.39 is 0 Å². The molecule has 1 aromatic carbocycles. The second-order valence-electron chi connectivity index (χ2n) is 6.23. The first-order valence-corrected chi connectivity index (χ1v) is 6.96. The van der Waals surface area contributed by atoms with E-state index in [2.05, 4.69) is 63.2 Å². The van der Waals surface area contributed by atoms with E-state index in [0.717, 1.165) is 6.54 Å². The van der Waals surface area contributed by atoms with Gasteiger partial charge in [0, 0.05) is 23.8 Å². The Morgan fingerprint density at radius 3 is 2.56 bits per heavy atom. The summed E-state index contributed by atoms with van der Waals surface area (Å²) < 4.78 is 0. The average Bonchev–Trinajstić information content (AvgIpc) is 2.29. The predicted molar refractivity (Wildman–Crippen MR) is 79.4 cm³/mol. The zero-order chi connectivity index (χ0) is 13.3. The van der Waals surface area contributed by atoms with Crippen LogP contribution in [0, 0.1) is 13.8 Å². The number of aryl methyl sites for hydroxylation is 2. The predicted octanol–water partition coefficient (Wildman–Crippen LogP) is 3.27. The molecule has 0 aliphatic carbocycles. The molecule has 0 amide bonds. The molecule has 1 saturated heterocycles. The van der Waals surface area contributed by atoms with Crippen molar-refractivity contribution < 1.29 is 0 Å². The maximum Gasteiger partial charge on any atom is 0.0400 e. The minimum Gasteiger partial charge on any atom is -0.366 e. The van der Waals surface area contributed by atoms with E-state index in [1.165, 1.54) is 29.7 Å². The van der Waals surface area contributed by atoms with Crippen LogP contribution < -0.4 is 10.2 Å². The molecular weight excluding hydrogens is 220 g/mol. The molecule has 1 fully saturated rings. The Hall–Kier alpha value is -1.02. The summed E-state index contributed by atoms with van der Waals surface area (Å²) in [6.45, 7) is 10.2. The van der Waals surface area contributed by atoms with Crippen molar-refractivity contribution in [3.8, 4) is 0 Å². The third kappa shape index (κ3) is 2.54. The number of hydrogen-bond donors (Lipinski definition) is 1. The first kappa shape index (κ1) is 13.4. The van der Waals surface area contributed by atoms with E-state index in [-0.39, 0.29) is 5.54 Å². The van der Waals surface area contributed by atoms with Gasteiger partial charge in [-0.2, -0.15) is 0 Å². The molecule has 100 valence electrons. The average molecular weight is 246 g/mol. The molecule has 1 N–H and O–H groups in total. The van der Waals surface area contributed by atoms with Crippen molar-refractivity contribution in [2.75, 3.05) is 18.5 Å². The summed E-state index contributed by atoms with van der Waals surface area (Å²) >= 11 is 0. The van der Waals surface area contributed by atoms with Crippen molar-refractivity contribution in [1.29, 1.82) is 0 Å². The van der Waals surface area contributed by atoms with Gasteiger partial charge in [-0.25, -0.2) is 0 Å². The van der Waals surface area contributed by atoms with Crippen molar-refractivity contribution in [3.63, 3.8) is 0 Å². The van der Waals surface area contributed by atoms with Crippen molar-refractivity contribution in [2.45, 2.75) is 52.1 Å². The lowest BCUT2D eigenvalue weighted by molar-refractivity contribution is 0.301. The van der Waals surface area contributed by atoms with Crippen LogP contribution in [-0.4, -0.2) is 25.2 Å². The third-order valence-electron chi connectivity index (χ3n) is 4.23. The Bertz CT molecular complexity index is 423. The monoisotopic (exact) mass is 246 g/mol. The van der Waals surface area contributed by atoms with Gasteiger partial charge in [0.1, 0.15) is 0 Å². The number of benzene rings is 1. The molecule has 0 radical (unpaired) electrons. The number of piperidine rings is 1. The molecule has 2 rings (SSSR count). The van der Waals surface area contributed by atoms with E-state index >= 15 is 0 Å². The Morgan fingerprint density at radius 2 is 2.00 bits per heavy atom. The smallest absolute Gasteiger partial charge is 0.0400 e. The maximum atomic E-state index is 3.43. The number of anilines is 1. The van der Waals surface area contributed by atoms with Crippen LogP contribution in [0.25, 0.3) is 0 Å². The van der Waals surface area contributed by atoms with Crippen LogP contribution in [0.4, 0.5) is 5.69 Å². The van der Waals surface area contributed by atoms with E-state index in [0.29, 0.717) is 6.04 Å².